The summed E-state index contributed by atoms with van der Waals surface area (Å²) in [6.07, 6.45) is 0. The van der Waals surface area contributed by atoms with Crippen molar-refractivity contribution in [2.75, 3.05) is 12.8 Å². The number of hydrogen-bond donors (Lipinski definition) is 2. The first-order valence-electron chi connectivity index (χ1n) is 6.06. The van der Waals surface area contributed by atoms with Crippen LogP contribution < -0.4 is 15.8 Å². The zero-order valence-electron chi connectivity index (χ0n) is 11.0. The Morgan fingerprint density at radius 3 is 2.80 bits per heavy atom. The Kier molecular flexibility index (Phi) is 4.63. The predicted molar refractivity (Wildman–Crippen MR) is 82.7 cm³/mol. The van der Waals surface area contributed by atoms with Crippen LogP contribution in [0.25, 0.3) is 0 Å². The number of nitrogen functional groups attached to an aromatic ring is 1. The van der Waals surface area contributed by atoms with Gasteiger partial charge in [0.1, 0.15) is 5.75 Å². The average molecular weight is 335 g/mol. The lowest BCUT2D eigenvalue weighted by atomic mass is 10.1. The summed E-state index contributed by atoms with van der Waals surface area (Å²) in [6, 6.07) is 12.7. The van der Waals surface area contributed by atoms with Gasteiger partial charge in [0.25, 0.3) is 5.91 Å². The Morgan fingerprint density at radius 2 is 2.10 bits per heavy atom. The highest BCUT2D eigenvalue weighted by molar-refractivity contribution is 9.10. The van der Waals surface area contributed by atoms with E-state index in [1.807, 2.05) is 24.3 Å². The minimum Gasteiger partial charge on any atom is -0.496 e. The number of ether oxygens (including phenoxy) is 1. The molecule has 0 bridgehead atoms. The molecule has 0 aromatic heterocycles. The van der Waals surface area contributed by atoms with E-state index in [-0.39, 0.29) is 5.91 Å². The Balaban J connectivity index is 2.09. The maximum Gasteiger partial charge on any atom is 0.255 e. The second kappa shape index (κ2) is 6.43. The van der Waals surface area contributed by atoms with Gasteiger partial charge in [0.05, 0.1) is 12.7 Å². The SMILES string of the molecule is COc1cc(Br)ccc1C(=O)NCc1cccc(N)c1. The molecule has 0 atom stereocenters. The fraction of sp³-hybridized carbons (Fsp3) is 0.133. The molecule has 20 heavy (non-hydrogen) atoms. The van der Waals surface area contributed by atoms with Crippen molar-refractivity contribution in [2.45, 2.75) is 6.54 Å². The number of amides is 1. The number of nitrogens with two attached hydrogens (primary N) is 1. The number of nitrogens with one attached hydrogen (secondary N) is 1. The molecule has 0 radical (unpaired) electrons. The van der Waals surface area contributed by atoms with E-state index >= 15 is 0 Å². The van der Waals surface area contributed by atoms with Crippen molar-refractivity contribution in [3.8, 4) is 5.75 Å². The van der Waals surface area contributed by atoms with Gasteiger partial charge < -0.3 is 15.8 Å². The summed E-state index contributed by atoms with van der Waals surface area (Å²) in [4.78, 5) is 12.2. The van der Waals surface area contributed by atoms with Crippen LogP contribution in [0.3, 0.4) is 0 Å². The van der Waals surface area contributed by atoms with Crippen LogP contribution in [0, 0.1) is 0 Å². The van der Waals surface area contributed by atoms with Gasteiger partial charge in [-0.05, 0) is 35.9 Å². The molecule has 0 aliphatic heterocycles. The molecule has 4 nitrogen and oxygen atoms in total. The molecule has 0 saturated heterocycles. The third-order valence-electron chi connectivity index (χ3n) is 2.81. The summed E-state index contributed by atoms with van der Waals surface area (Å²) in [5.74, 6) is 0.348. The van der Waals surface area contributed by atoms with Crippen LogP contribution >= 0.6 is 15.9 Å². The Labute approximate surface area is 126 Å². The molecule has 0 unspecified atom stereocenters. The quantitative estimate of drug-likeness (QED) is 0.845. The molecule has 2 rings (SSSR count). The van der Waals surface area contributed by atoms with E-state index in [0.717, 1.165) is 10.0 Å². The summed E-state index contributed by atoms with van der Waals surface area (Å²) in [6.45, 7) is 0.420. The Bertz CT molecular complexity index is 629. The van der Waals surface area contributed by atoms with Crippen molar-refractivity contribution in [3.63, 3.8) is 0 Å². The van der Waals surface area contributed by atoms with Crippen molar-refractivity contribution in [3.05, 3.63) is 58.1 Å². The highest BCUT2D eigenvalue weighted by atomic mass is 79.9. The molecule has 0 saturated carbocycles. The molecule has 104 valence electrons. The molecule has 3 N–H and O–H groups in total. The van der Waals surface area contributed by atoms with Gasteiger partial charge in [-0.3, -0.25) is 4.79 Å². The van der Waals surface area contributed by atoms with Gasteiger partial charge in [0, 0.05) is 16.7 Å². The summed E-state index contributed by atoms with van der Waals surface area (Å²) >= 11 is 3.34. The lowest BCUT2D eigenvalue weighted by molar-refractivity contribution is 0.0948. The third kappa shape index (κ3) is 3.51. The summed E-state index contributed by atoms with van der Waals surface area (Å²) in [7, 11) is 1.54. The molecule has 5 heteroatoms. The highest BCUT2D eigenvalue weighted by Gasteiger charge is 2.12. The topological polar surface area (TPSA) is 64.3 Å². The van der Waals surface area contributed by atoms with Gasteiger partial charge in [-0.15, -0.1) is 0 Å². The van der Waals surface area contributed by atoms with E-state index in [1.54, 1.807) is 18.2 Å². The van der Waals surface area contributed by atoms with E-state index in [9.17, 15) is 4.79 Å². The smallest absolute Gasteiger partial charge is 0.255 e. The van der Waals surface area contributed by atoms with Crippen LogP contribution in [0.5, 0.6) is 5.75 Å². The summed E-state index contributed by atoms with van der Waals surface area (Å²) < 4.78 is 6.07. The fourth-order valence-corrected chi connectivity index (χ4v) is 2.17. The van der Waals surface area contributed by atoms with E-state index in [1.165, 1.54) is 7.11 Å². The summed E-state index contributed by atoms with van der Waals surface area (Å²) in [5.41, 5.74) is 7.83. The van der Waals surface area contributed by atoms with Crippen LogP contribution in [0.15, 0.2) is 46.9 Å². The maximum absolute atomic E-state index is 12.2. The molecule has 2 aromatic rings. The molecule has 2 aromatic carbocycles. The van der Waals surface area contributed by atoms with E-state index in [4.69, 9.17) is 10.5 Å². The largest absolute Gasteiger partial charge is 0.496 e. The Morgan fingerprint density at radius 1 is 1.30 bits per heavy atom. The number of halogens is 1. The van der Waals surface area contributed by atoms with Gasteiger partial charge >= 0.3 is 0 Å². The molecule has 0 aliphatic carbocycles. The second-order valence-corrected chi connectivity index (χ2v) is 5.19. The van der Waals surface area contributed by atoms with E-state index in [2.05, 4.69) is 21.2 Å². The van der Waals surface area contributed by atoms with E-state index < -0.39 is 0 Å². The normalized spacial score (nSPS) is 10.1. The number of methoxy groups -OCH3 is 1. The monoisotopic (exact) mass is 334 g/mol. The molecular weight excluding hydrogens is 320 g/mol. The first kappa shape index (κ1) is 14.4. The molecule has 0 fully saturated rings. The van der Waals surface area contributed by atoms with Gasteiger partial charge in [-0.25, -0.2) is 0 Å². The standard InChI is InChI=1S/C15H15BrN2O2/c1-20-14-8-11(16)5-6-13(14)15(19)18-9-10-3-2-4-12(17)7-10/h2-8H,9,17H2,1H3,(H,18,19). The summed E-state index contributed by atoms with van der Waals surface area (Å²) in [5, 5.41) is 2.85. The van der Waals surface area contributed by atoms with Crippen LogP contribution in [0.2, 0.25) is 0 Å². The zero-order chi connectivity index (χ0) is 14.5. The van der Waals surface area contributed by atoms with Gasteiger partial charge in [-0.1, -0.05) is 28.1 Å². The lowest BCUT2D eigenvalue weighted by Gasteiger charge is -2.10. The molecule has 0 aliphatic rings. The maximum atomic E-state index is 12.2. The van der Waals surface area contributed by atoms with Gasteiger partial charge in [0.2, 0.25) is 0 Å². The number of carbonyl (C=O) groups excluding carboxylic acids is 1. The number of anilines is 1. The highest BCUT2D eigenvalue weighted by Crippen LogP contribution is 2.23. The number of rotatable bonds is 4. The van der Waals surface area contributed by atoms with Gasteiger partial charge in [-0.2, -0.15) is 0 Å². The first-order valence-corrected chi connectivity index (χ1v) is 6.85. The van der Waals surface area contributed by atoms with Crippen LogP contribution in [-0.2, 0) is 6.54 Å². The van der Waals surface area contributed by atoms with Crippen molar-refractivity contribution >= 4 is 27.5 Å². The second-order valence-electron chi connectivity index (χ2n) is 4.27. The number of benzene rings is 2. The van der Waals surface area contributed by atoms with E-state index in [0.29, 0.717) is 23.5 Å². The zero-order valence-corrected chi connectivity index (χ0v) is 12.6. The van der Waals surface area contributed by atoms with Crippen molar-refractivity contribution in [1.29, 1.82) is 0 Å². The molecule has 1 amide bonds. The molecular formula is C15H15BrN2O2. The fourth-order valence-electron chi connectivity index (χ4n) is 1.83. The van der Waals surface area contributed by atoms with Crippen LogP contribution in [-0.4, -0.2) is 13.0 Å². The Hall–Kier alpha value is -2.01. The van der Waals surface area contributed by atoms with Crippen LogP contribution in [0.1, 0.15) is 15.9 Å². The third-order valence-corrected chi connectivity index (χ3v) is 3.31. The van der Waals surface area contributed by atoms with Gasteiger partial charge in [0.15, 0.2) is 0 Å². The van der Waals surface area contributed by atoms with Crippen molar-refractivity contribution < 1.29 is 9.53 Å². The number of carbonyl (C=O) groups is 1. The number of hydrogen-bond acceptors (Lipinski definition) is 3. The molecule has 0 heterocycles. The van der Waals surface area contributed by atoms with Crippen LogP contribution in [0.4, 0.5) is 5.69 Å². The van der Waals surface area contributed by atoms with Crippen molar-refractivity contribution in [1.82, 2.24) is 5.32 Å². The first-order chi connectivity index (χ1) is 9.60. The minimum absolute atomic E-state index is 0.184. The lowest BCUT2D eigenvalue weighted by Crippen LogP contribution is -2.23. The average Bonchev–Trinajstić information content (AvgIpc) is 2.44. The molecule has 0 spiro atoms. The minimum atomic E-state index is -0.184. The predicted octanol–water partition coefficient (Wildman–Crippen LogP) is 2.97. The van der Waals surface area contributed by atoms with Crippen molar-refractivity contribution in [2.24, 2.45) is 0 Å².